The van der Waals surface area contributed by atoms with E-state index >= 15 is 0 Å². The van der Waals surface area contributed by atoms with Gasteiger partial charge in [-0.1, -0.05) is 49.6 Å². The molecule has 1 fully saturated rings. The molecule has 0 radical (unpaired) electrons. The van der Waals surface area contributed by atoms with Crippen LogP contribution in [-0.2, 0) is 4.79 Å². The Hall–Kier alpha value is -1.35. The second-order valence-electron chi connectivity index (χ2n) is 6.22. The zero-order valence-electron chi connectivity index (χ0n) is 13.2. The number of unbranched alkanes of at least 4 members (excludes halogenated alkanes) is 1. The van der Waals surface area contributed by atoms with Gasteiger partial charge in [0, 0.05) is 6.04 Å². The molecule has 1 aromatic rings. The maximum absolute atomic E-state index is 11.1. The first-order valence-corrected chi connectivity index (χ1v) is 8.15. The lowest BCUT2D eigenvalue weighted by Gasteiger charge is -2.37. The average Bonchev–Trinajstić information content (AvgIpc) is 2.50. The molecular formula is C18H27NO2. The molecule has 0 saturated carbocycles. The van der Waals surface area contributed by atoms with Gasteiger partial charge in [-0.3, -0.25) is 9.69 Å². The highest BCUT2D eigenvalue weighted by Gasteiger charge is 2.28. The third-order valence-corrected chi connectivity index (χ3v) is 4.61. The molecule has 1 aromatic carbocycles. The van der Waals surface area contributed by atoms with Crippen molar-refractivity contribution in [3.05, 3.63) is 35.4 Å². The van der Waals surface area contributed by atoms with Crippen LogP contribution in [0.1, 0.15) is 56.2 Å². The van der Waals surface area contributed by atoms with Gasteiger partial charge in [-0.25, -0.2) is 0 Å². The summed E-state index contributed by atoms with van der Waals surface area (Å²) >= 11 is 0. The van der Waals surface area contributed by atoms with Gasteiger partial charge in [0.1, 0.15) is 0 Å². The van der Waals surface area contributed by atoms with Gasteiger partial charge in [0.25, 0.3) is 0 Å². The van der Waals surface area contributed by atoms with Crippen molar-refractivity contribution in [2.45, 2.75) is 52.0 Å². The van der Waals surface area contributed by atoms with Gasteiger partial charge in [0.15, 0.2) is 0 Å². The summed E-state index contributed by atoms with van der Waals surface area (Å²) in [5, 5.41) is 9.13. The Morgan fingerprint density at radius 1 is 1.29 bits per heavy atom. The Labute approximate surface area is 128 Å². The molecule has 1 aliphatic heterocycles. The number of carboxylic acid groups (broad SMARTS) is 1. The van der Waals surface area contributed by atoms with Crippen LogP contribution in [0.25, 0.3) is 0 Å². The number of carboxylic acids is 1. The summed E-state index contributed by atoms with van der Waals surface area (Å²) in [6.07, 6.45) is 5.15. The number of piperidine rings is 1. The van der Waals surface area contributed by atoms with E-state index in [1.54, 1.807) is 0 Å². The number of likely N-dealkylation sites (tertiary alicyclic amines) is 1. The molecule has 0 aliphatic carbocycles. The number of hydrogen-bond acceptors (Lipinski definition) is 2. The highest BCUT2D eigenvalue weighted by atomic mass is 16.4. The highest BCUT2D eigenvalue weighted by Crippen LogP contribution is 2.31. The first kappa shape index (κ1) is 16.0. The van der Waals surface area contributed by atoms with Crippen LogP contribution in [-0.4, -0.2) is 29.1 Å². The molecule has 0 amide bonds. The minimum Gasteiger partial charge on any atom is -0.481 e. The Kier molecular flexibility index (Phi) is 5.80. The average molecular weight is 289 g/mol. The molecule has 1 atom stereocenters. The van der Waals surface area contributed by atoms with Gasteiger partial charge in [-0.05, 0) is 44.8 Å². The topological polar surface area (TPSA) is 40.5 Å². The van der Waals surface area contributed by atoms with E-state index in [1.807, 2.05) is 0 Å². The molecule has 1 heterocycles. The molecule has 1 saturated heterocycles. The summed E-state index contributed by atoms with van der Waals surface area (Å²) in [7, 11) is 0. The molecule has 3 nitrogen and oxygen atoms in total. The highest BCUT2D eigenvalue weighted by molar-refractivity contribution is 5.70. The van der Waals surface area contributed by atoms with E-state index < -0.39 is 5.97 Å². The Bertz CT molecular complexity index is 447. The van der Waals surface area contributed by atoms with Gasteiger partial charge in [-0.15, -0.1) is 0 Å². The molecule has 0 bridgehead atoms. The van der Waals surface area contributed by atoms with Crippen LogP contribution in [0.5, 0.6) is 0 Å². The lowest BCUT2D eigenvalue weighted by atomic mass is 9.92. The first-order chi connectivity index (χ1) is 10.1. The molecule has 0 spiro atoms. The van der Waals surface area contributed by atoms with E-state index in [1.165, 1.54) is 24.0 Å². The van der Waals surface area contributed by atoms with Crippen molar-refractivity contribution in [2.24, 2.45) is 5.92 Å². The second-order valence-corrected chi connectivity index (χ2v) is 6.22. The maximum Gasteiger partial charge on any atom is 0.306 e. The molecule has 1 unspecified atom stereocenters. The van der Waals surface area contributed by atoms with E-state index in [9.17, 15) is 4.79 Å². The largest absolute Gasteiger partial charge is 0.481 e. The second kappa shape index (κ2) is 7.60. The fourth-order valence-corrected chi connectivity index (χ4v) is 3.20. The fourth-order valence-electron chi connectivity index (χ4n) is 3.20. The molecule has 0 aromatic heterocycles. The molecule has 116 valence electrons. The van der Waals surface area contributed by atoms with E-state index in [0.29, 0.717) is 6.04 Å². The van der Waals surface area contributed by atoms with Crippen molar-refractivity contribution in [1.29, 1.82) is 0 Å². The van der Waals surface area contributed by atoms with Gasteiger partial charge in [0.2, 0.25) is 0 Å². The molecule has 1 aliphatic rings. The summed E-state index contributed by atoms with van der Waals surface area (Å²) < 4.78 is 0. The van der Waals surface area contributed by atoms with Crippen molar-refractivity contribution < 1.29 is 9.90 Å². The zero-order chi connectivity index (χ0) is 15.2. The summed E-state index contributed by atoms with van der Waals surface area (Å²) in [4.78, 5) is 13.6. The molecular weight excluding hydrogens is 262 g/mol. The van der Waals surface area contributed by atoms with E-state index in [-0.39, 0.29) is 5.92 Å². The van der Waals surface area contributed by atoms with Crippen LogP contribution in [0.3, 0.4) is 0 Å². The standard InChI is InChI=1S/C18H27NO2/c1-3-4-5-17(15-8-6-14(2)7-9-15)19-12-10-16(11-13-19)18(20)21/h6-9,16-17H,3-5,10-13H2,1-2H3,(H,20,21). The maximum atomic E-state index is 11.1. The van der Waals surface area contributed by atoms with Crippen molar-refractivity contribution >= 4 is 5.97 Å². The van der Waals surface area contributed by atoms with E-state index in [0.717, 1.165) is 32.4 Å². The van der Waals surface area contributed by atoms with Crippen LogP contribution in [0, 0.1) is 12.8 Å². The monoisotopic (exact) mass is 289 g/mol. The van der Waals surface area contributed by atoms with Gasteiger partial charge in [0.05, 0.1) is 5.92 Å². The Morgan fingerprint density at radius 2 is 1.90 bits per heavy atom. The van der Waals surface area contributed by atoms with E-state index in [4.69, 9.17) is 5.11 Å². The number of benzene rings is 1. The van der Waals surface area contributed by atoms with Crippen molar-refractivity contribution in [3.8, 4) is 0 Å². The van der Waals surface area contributed by atoms with E-state index in [2.05, 4.69) is 43.0 Å². The van der Waals surface area contributed by atoms with Crippen LogP contribution < -0.4 is 0 Å². The predicted molar refractivity (Wildman–Crippen MR) is 85.4 cm³/mol. The summed E-state index contributed by atoms with van der Waals surface area (Å²) in [5.41, 5.74) is 2.67. The lowest BCUT2D eigenvalue weighted by molar-refractivity contribution is -0.143. The smallest absolute Gasteiger partial charge is 0.306 e. The normalized spacial score (nSPS) is 18.6. The number of aryl methyl sites for hydroxylation is 1. The molecule has 3 heteroatoms. The number of hydrogen-bond donors (Lipinski definition) is 1. The quantitative estimate of drug-likeness (QED) is 0.859. The van der Waals surface area contributed by atoms with Crippen LogP contribution in [0.2, 0.25) is 0 Å². The minimum absolute atomic E-state index is 0.147. The fraction of sp³-hybridized carbons (Fsp3) is 0.611. The predicted octanol–water partition coefficient (Wildman–Crippen LogP) is 4.02. The molecule has 1 N–H and O–H groups in total. The van der Waals surface area contributed by atoms with Crippen molar-refractivity contribution in [3.63, 3.8) is 0 Å². The lowest BCUT2D eigenvalue weighted by Crippen LogP contribution is -2.38. The third-order valence-electron chi connectivity index (χ3n) is 4.61. The number of aliphatic carboxylic acids is 1. The summed E-state index contributed by atoms with van der Waals surface area (Å²) in [5.74, 6) is -0.777. The SMILES string of the molecule is CCCCC(c1ccc(C)cc1)N1CCC(C(=O)O)CC1. The van der Waals surface area contributed by atoms with Crippen LogP contribution >= 0.6 is 0 Å². The number of nitrogens with zero attached hydrogens (tertiary/aromatic N) is 1. The Balaban J connectivity index is 2.06. The third kappa shape index (κ3) is 4.31. The van der Waals surface area contributed by atoms with Crippen LogP contribution in [0.15, 0.2) is 24.3 Å². The minimum atomic E-state index is -0.630. The number of rotatable bonds is 6. The summed E-state index contributed by atoms with van der Waals surface area (Å²) in [6.45, 7) is 6.14. The van der Waals surface area contributed by atoms with Gasteiger partial charge in [-0.2, -0.15) is 0 Å². The number of carbonyl (C=O) groups is 1. The molecule has 2 rings (SSSR count). The van der Waals surface area contributed by atoms with Crippen molar-refractivity contribution in [1.82, 2.24) is 4.90 Å². The van der Waals surface area contributed by atoms with Crippen LogP contribution in [0.4, 0.5) is 0 Å². The van der Waals surface area contributed by atoms with Gasteiger partial charge >= 0.3 is 5.97 Å². The molecule has 21 heavy (non-hydrogen) atoms. The summed E-state index contributed by atoms with van der Waals surface area (Å²) in [6, 6.07) is 9.27. The van der Waals surface area contributed by atoms with Crippen molar-refractivity contribution in [2.75, 3.05) is 13.1 Å². The zero-order valence-corrected chi connectivity index (χ0v) is 13.2. The van der Waals surface area contributed by atoms with Gasteiger partial charge < -0.3 is 5.11 Å². The Morgan fingerprint density at radius 3 is 2.43 bits per heavy atom. The first-order valence-electron chi connectivity index (χ1n) is 8.15.